The number of aliphatic imine (C=N–C) groups is 1. The maximum absolute atomic E-state index is 13.9. The number of carbonyl (C=O) groups is 4. The zero-order chi connectivity index (χ0) is 29.5. The Morgan fingerprint density at radius 3 is 2.33 bits per heavy atom. The van der Waals surface area contributed by atoms with Gasteiger partial charge in [0.15, 0.2) is 11.9 Å². The number of para-hydroxylation sites is 1. The van der Waals surface area contributed by atoms with Gasteiger partial charge in [-0.1, -0.05) is 84.0 Å². The highest BCUT2D eigenvalue weighted by Gasteiger charge is 2.34. The third-order valence-electron chi connectivity index (χ3n) is 6.91. The normalized spacial score (nSPS) is 17.7. The van der Waals surface area contributed by atoms with E-state index >= 15 is 0 Å². The van der Waals surface area contributed by atoms with E-state index < -0.39 is 23.9 Å². The number of benzodiazepines with no additional fused rings is 1. The van der Waals surface area contributed by atoms with Crippen molar-refractivity contribution in [2.75, 3.05) is 11.4 Å². The number of benzene rings is 3. The molecule has 3 aromatic rings. The monoisotopic (exact) mass is 565 g/mol. The molecule has 0 aliphatic carbocycles. The summed E-state index contributed by atoms with van der Waals surface area (Å²) in [5.74, 6) is -1.09. The van der Waals surface area contributed by atoms with Crippen LogP contribution >= 0.6 is 0 Å². The highest BCUT2D eigenvalue weighted by molar-refractivity contribution is 6.21. The average molecular weight is 566 g/mol. The number of carbonyl (C=O) groups excluding carboxylic acids is 4. The van der Waals surface area contributed by atoms with E-state index in [1.54, 1.807) is 12.1 Å². The molecule has 214 valence electrons. The van der Waals surface area contributed by atoms with Gasteiger partial charge in [-0.15, -0.1) is 0 Å². The topological polar surface area (TPSA) is 130 Å². The van der Waals surface area contributed by atoms with Gasteiger partial charge < -0.3 is 20.3 Å². The molecule has 2 unspecified atom stereocenters. The second-order valence-electron chi connectivity index (χ2n) is 10.1. The van der Waals surface area contributed by atoms with E-state index in [1.165, 1.54) is 11.8 Å². The van der Waals surface area contributed by atoms with Gasteiger partial charge >= 0.3 is 0 Å². The Morgan fingerprint density at radius 1 is 0.905 bits per heavy atom. The van der Waals surface area contributed by atoms with Crippen molar-refractivity contribution in [2.24, 2.45) is 10.1 Å². The largest absolute Gasteiger partial charge is 0.386 e. The molecule has 42 heavy (non-hydrogen) atoms. The fourth-order valence-electron chi connectivity index (χ4n) is 4.88. The molecule has 0 radical (unpaired) electrons. The number of hydrogen-bond donors (Lipinski definition) is 2. The maximum atomic E-state index is 13.9. The first kappa shape index (κ1) is 28.4. The van der Waals surface area contributed by atoms with Crippen LogP contribution in [0.15, 0.2) is 95.1 Å². The van der Waals surface area contributed by atoms with Gasteiger partial charge in [0.25, 0.3) is 5.91 Å². The molecular formula is C32H31N5O5. The molecule has 10 heteroatoms. The molecular weight excluding hydrogens is 534 g/mol. The van der Waals surface area contributed by atoms with Crippen LogP contribution in [0.2, 0.25) is 0 Å². The predicted octanol–water partition coefficient (Wildman–Crippen LogP) is 3.66. The van der Waals surface area contributed by atoms with Crippen LogP contribution in [0, 0.1) is 0 Å². The predicted molar refractivity (Wildman–Crippen MR) is 158 cm³/mol. The zero-order valence-electron chi connectivity index (χ0n) is 23.2. The summed E-state index contributed by atoms with van der Waals surface area (Å²) in [6, 6.07) is 26.1. The van der Waals surface area contributed by atoms with Crippen LogP contribution in [-0.2, 0) is 24.0 Å². The third-order valence-corrected chi connectivity index (χ3v) is 6.91. The molecule has 10 nitrogen and oxygen atoms in total. The van der Waals surface area contributed by atoms with Crippen molar-refractivity contribution in [3.05, 3.63) is 102 Å². The second-order valence-corrected chi connectivity index (χ2v) is 10.1. The van der Waals surface area contributed by atoms with Gasteiger partial charge in [-0.3, -0.25) is 19.3 Å². The maximum Gasteiger partial charge on any atom is 0.272 e. The van der Waals surface area contributed by atoms with Crippen molar-refractivity contribution in [1.82, 2.24) is 10.6 Å². The number of oxime groups is 1. The first-order valence-electron chi connectivity index (χ1n) is 13.8. The first-order chi connectivity index (χ1) is 20.4. The van der Waals surface area contributed by atoms with E-state index in [2.05, 4.69) is 15.8 Å². The summed E-state index contributed by atoms with van der Waals surface area (Å²) in [5, 5.41) is 9.52. The Bertz CT molecular complexity index is 1540. The molecule has 2 heterocycles. The Morgan fingerprint density at radius 2 is 1.60 bits per heavy atom. The van der Waals surface area contributed by atoms with E-state index in [4.69, 9.17) is 9.83 Å². The highest BCUT2D eigenvalue weighted by Crippen LogP contribution is 2.29. The van der Waals surface area contributed by atoms with Crippen molar-refractivity contribution in [3.8, 4) is 0 Å². The lowest BCUT2D eigenvalue weighted by molar-refractivity contribution is -0.128. The van der Waals surface area contributed by atoms with Gasteiger partial charge in [-0.05, 0) is 25.0 Å². The van der Waals surface area contributed by atoms with E-state index in [1.807, 2.05) is 72.8 Å². The molecule has 0 saturated carbocycles. The lowest BCUT2D eigenvalue weighted by Gasteiger charge is -2.25. The number of fused-ring (bicyclic) bond motifs is 1. The van der Waals surface area contributed by atoms with Crippen LogP contribution in [-0.4, -0.2) is 47.8 Å². The number of ketones is 1. The number of rotatable bonds is 9. The Kier molecular flexibility index (Phi) is 8.81. The zero-order valence-corrected chi connectivity index (χ0v) is 23.2. The fraction of sp³-hybridized carbons (Fsp3) is 0.250. The Balaban J connectivity index is 1.38. The molecule has 5 rings (SSSR count). The Hall–Kier alpha value is -5.12. The summed E-state index contributed by atoms with van der Waals surface area (Å²) in [4.78, 5) is 62.9. The third kappa shape index (κ3) is 6.77. The Labute approximate surface area is 243 Å². The lowest BCUT2D eigenvalue weighted by Crippen LogP contribution is -2.50. The van der Waals surface area contributed by atoms with Crippen LogP contribution in [0.1, 0.15) is 55.4 Å². The number of Topliss-reactive ketones (excluding diaryl/α,β-unsaturated/α-hetero) is 1. The molecule has 3 aromatic carbocycles. The molecule has 0 spiro atoms. The minimum atomic E-state index is -1.28. The molecule has 2 aliphatic rings. The van der Waals surface area contributed by atoms with E-state index in [0.717, 1.165) is 11.1 Å². The molecule has 0 aromatic heterocycles. The molecule has 2 aliphatic heterocycles. The molecule has 0 bridgehead atoms. The summed E-state index contributed by atoms with van der Waals surface area (Å²) in [6.45, 7) is 1.13. The van der Waals surface area contributed by atoms with Gasteiger partial charge in [0.2, 0.25) is 18.0 Å². The van der Waals surface area contributed by atoms with Crippen LogP contribution in [0.4, 0.5) is 5.69 Å². The number of nitrogens with zero attached hydrogens (tertiary/aromatic N) is 3. The van der Waals surface area contributed by atoms with E-state index in [-0.39, 0.29) is 31.3 Å². The molecule has 3 amide bonds. The standard InChI is InChI=1S/C32H31N5O5/c1-21(38)11-10-18-28(39)34-31-32(41)37(20-29(40)33-27-19-26(42-36-27)22-12-4-2-5-13-22)25-17-9-8-16-24(25)30(35-31)23-14-6-3-7-15-23/h2-9,12-17,26,31H,10-11,18-20H2,1H3,(H,34,39)(H,33,36,40). The molecule has 0 fully saturated rings. The lowest BCUT2D eigenvalue weighted by atomic mass is 10.0. The van der Waals surface area contributed by atoms with Gasteiger partial charge in [0.1, 0.15) is 12.3 Å². The summed E-state index contributed by atoms with van der Waals surface area (Å²) in [5.41, 5.74) is 3.33. The van der Waals surface area contributed by atoms with Crippen molar-refractivity contribution in [3.63, 3.8) is 0 Å². The minimum Gasteiger partial charge on any atom is -0.386 e. The van der Waals surface area contributed by atoms with Crippen LogP contribution in [0.25, 0.3) is 0 Å². The minimum absolute atomic E-state index is 0.0160. The van der Waals surface area contributed by atoms with Gasteiger partial charge in [0.05, 0.1) is 17.8 Å². The quantitative estimate of drug-likeness (QED) is 0.409. The van der Waals surface area contributed by atoms with Crippen LogP contribution in [0.5, 0.6) is 0 Å². The summed E-state index contributed by atoms with van der Waals surface area (Å²) >= 11 is 0. The van der Waals surface area contributed by atoms with Crippen LogP contribution < -0.4 is 15.5 Å². The van der Waals surface area contributed by atoms with Crippen molar-refractivity contribution in [1.29, 1.82) is 0 Å². The number of amidine groups is 1. The summed E-state index contributed by atoms with van der Waals surface area (Å²) in [6.07, 6.45) is -0.527. The fourth-order valence-corrected chi connectivity index (χ4v) is 4.88. The smallest absolute Gasteiger partial charge is 0.272 e. The number of anilines is 1. The van der Waals surface area contributed by atoms with Gasteiger partial charge in [-0.25, -0.2) is 4.99 Å². The summed E-state index contributed by atoms with van der Waals surface area (Å²) in [7, 11) is 0. The molecule has 2 atom stereocenters. The summed E-state index contributed by atoms with van der Waals surface area (Å²) < 4.78 is 0. The van der Waals surface area contributed by atoms with Crippen molar-refractivity contribution >= 4 is 40.7 Å². The molecule has 0 saturated heterocycles. The SMILES string of the molecule is CC(=O)CCCC(=O)NC1N=C(c2ccccc2)c2ccccc2N(CC(=O)NC2=NOC(c3ccccc3)C2)C1=O. The van der Waals surface area contributed by atoms with E-state index in [9.17, 15) is 19.2 Å². The van der Waals surface area contributed by atoms with Crippen LogP contribution in [0.3, 0.4) is 0 Å². The van der Waals surface area contributed by atoms with Gasteiger partial charge in [-0.2, -0.15) is 0 Å². The van der Waals surface area contributed by atoms with Crippen molar-refractivity contribution in [2.45, 2.75) is 44.9 Å². The number of nitrogens with one attached hydrogen (secondary N) is 2. The second kappa shape index (κ2) is 13.0. The van der Waals surface area contributed by atoms with Gasteiger partial charge in [0, 0.05) is 24.0 Å². The molecule has 2 N–H and O–H groups in total. The first-order valence-corrected chi connectivity index (χ1v) is 13.8. The number of hydrogen-bond acceptors (Lipinski definition) is 7. The number of amides is 3. The highest BCUT2D eigenvalue weighted by atomic mass is 16.6. The van der Waals surface area contributed by atoms with E-state index in [0.29, 0.717) is 35.6 Å². The van der Waals surface area contributed by atoms with Crippen molar-refractivity contribution < 1.29 is 24.0 Å². The average Bonchev–Trinajstić information content (AvgIpc) is 3.43.